The van der Waals surface area contributed by atoms with Crippen LogP contribution < -0.4 is 35.0 Å². The van der Waals surface area contributed by atoms with Crippen LogP contribution in [0.1, 0.15) is 36.6 Å². The van der Waals surface area contributed by atoms with Gasteiger partial charge >= 0.3 is 12.0 Å². The van der Waals surface area contributed by atoms with Crippen LogP contribution in [0.5, 0.6) is 23.0 Å². The lowest BCUT2D eigenvalue weighted by molar-refractivity contribution is -0.136. The predicted molar refractivity (Wildman–Crippen MR) is 170 cm³/mol. The number of urea groups is 1. The molecule has 0 unspecified atom stereocenters. The van der Waals surface area contributed by atoms with Crippen molar-refractivity contribution in [3.63, 3.8) is 0 Å². The molecule has 0 bridgehead atoms. The minimum Gasteiger partial charge on any atom is -0.493 e. The number of amides is 2. The van der Waals surface area contributed by atoms with Gasteiger partial charge in [-0.15, -0.1) is 0 Å². The molecule has 0 fully saturated rings. The van der Waals surface area contributed by atoms with E-state index in [2.05, 4.69) is 37.1 Å². The number of benzene rings is 3. The van der Waals surface area contributed by atoms with Crippen LogP contribution in [0.2, 0.25) is 0 Å². The van der Waals surface area contributed by atoms with E-state index in [9.17, 15) is 19.1 Å². The van der Waals surface area contributed by atoms with Crippen molar-refractivity contribution in [2.75, 3.05) is 27.4 Å². The average molecular weight is 702 g/mol. The summed E-state index contributed by atoms with van der Waals surface area (Å²) in [5.74, 6) is 0.523. The van der Waals surface area contributed by atoms with Crippen LogP contribution in [-0.2, 0) is 16.1 Å². The van der Waals surface area contributed by atoms with Gasteiger partial charge in [-0.25, -0.2) is 14.0 Å². The highest BCUT2D eigenvalue weighted by Crippen LogP contribution is 2.37. The molecule has 2 atom stereocenters. The number of aliphatic hydroxyl groups is 1. The third kappa shape index (κ3) is 8.46. The molecule has 4 N–H and O–H groups in total. The summed E-state index contributed by atoms with van der Waals surface area (Å²) in [5.41, 5.74) is 4.82. The summed E-state index contributed by atoms with van der Waals surface area (Å²) in [5, 5.41) is 19.9. The Balaban J connectivity index is 1.39. The molecule has 1 aliphatic rings. The van der Waals surface area contributed by atoms with E-state index in [0.29, 0.717) is 56.5 Å². The number of hydrogen-bond donors (Lipinski definition) is 4. The normalized spacial score (nSPS) is 15.1. The zero-order chi connectivity index (χ0) is 33.2. The van der Waals surface area contributed by atoms with Crippen LogP contribution >= 0.6 is 15.9 Å². The molecule has 0 aromatic heterocycles. The highest BCUT2D eigenvalue weighted by molar-refractivity contribution is 9.10. The number of nitrogens with one attached hydrogen (secondary N) is 3. The maximum Gasteiger partial charge on any atom is 0.337 e. The van der Waals surface area contributed by atoms with Crippen LogP contribution in [0.4, 0.5) is 9.18 Å². The Bertz CT molecular complexity index is 1630. The number of rotatable bonds is 14. The molecule has 0 saturated carbocycles. The number of hydrazone groups is 1. The van der Waals surface area contributed by atoms with Gasteiger partial charge in [-0.05, 0) is 71.2 Å². The number of carbonyl (C=O) groups excluding carboxylic acids is 2. The number of allylic oxidation sites excluding steroid dienone is 1. The van der Waals surface area contributed by atoms with E-state index in [1.807, 2.05) is 0 Å². The lowest BCUT2D eigenvalue weighted by Crippen LogP contribution is -2.45. The van der Waals surface area contributed by atoms with Crippen molar-refractivity contribution in [3.05, 3.63) is 92.8 Å². The molecule has 0 saturated heterocycles. The monoisotopic (exact) mass is 700 g/mol. The summed E-state index contributed by atoms with van der Waals surface area (Å²) in [4.78, 5) is 24.6. The summed E-state index contributed by atoms with van der Waals surface area (Å²) >= 11 is 3.46. The second kappa shape index (κ2) is 16.0. The lowest BCUT2D eigenvalue weighted by Gasteiger charge is -2.28. The quantitative estimate of drug-likeness (QED) is 0.0813. The molecular formula is C32H34BrFN4O8. The van der Waals surface area contributed by atoms with Gasteiger partial charge < -0.3 is 39.4 Å². The Kier molecular flexibility index (Phi) is 11.8. The highest BCUT2D eigenvalue weighted by Gasteiger charge is 2.32. The van der Waals surface area contributed by atoms with Crippen molar-refractivity contribution in [1.82, 2.24) is 16.1 Å². The first-order valence-electron chi connectivity index (χ1n) is 14.1. The Morgan fingerprint density at radius 3 is 2.61 bits per heavy atom. The van der Waals surface area contributed by atoms with Gasteiger partial charge in [-0.3, -0.25) is 5.43 Å². The van der Waals surface area contributed by atoms with Crippen molar-refractivity contribution in [2.24, 2.45) is 5.10 Å². The van der Waals surface area contributed by atoms with Gasteiger partial charge in [0, 0.05) is 11.3 Å². The Hall–Kier alpha value is -4.82. The minimum atomic E-state index is -1.20. The minimum absolute atomic E-state index is 0.0103. The van der Waals surface area contributed by atoms with Crippen LogP contribution in [-0.4, -0.2) is 57.0 Å². The van der Waals surface area contributed by atoms with Crippen LogP contribution in [0.15, 0.2) is 75.4 Å². The van der Waals surface area contributed by atoms with Crippen molar-refractivity contribution in [1.29, 1.82) is 0 Å². The second-order valence-corrected chi connectivity index (χ2v) is 10.7. The fourth-order valence-electron chi connectivity index (χ4n) is 4.54. The number of aliphatic hydroxyl groups excluding tert-OH is 1. The Morgan fingerprint density at radius 2 is 1.89 bits per heavy atom. The van der Waals surface area contributed by atoms with E-state index in [1.54, 1.807) is 62.4 Å². The number of methoxy groups -OCH3 is 2. The van der Waals surface area contributed by atoms with Crippen LogP contribution in [0, 0.1) is 5.82 Å². The molecule has 1 aliphatic heterocycles. The average Bonchev–Trinajstić information content (AvgIpc) is 3.03. The third-order valence-electron chi connectivity index (χ3n) is 6.69. The Morgan fingerprint density at radius 1 is 1.11 bits per heavy atom. The zero-order valence-corrected chi connectivity index (χ0v) is 27.1. The van der Waals surface area contributed by atoms with Crippen molar-refractivity contribution in [2.45, 2.75) is 32.7 Å². The topological polar surface area (TPSA) is 149 Å². The second-order valence-electron chi connectivity index (χ2n) is 9.83. The zero-order valence-electron chi connectivity index (χ0n) is 25.6. The van der Waals surface area contributed by atoms with E-state index >= 15 is 0 Å². The van der Waals surface area contributed by atoms with Gasteiger partial charge in [0.2, 0.25) is 0 Å². The fraction of sp³-hybridized carbons (Fsp3) is 0.281. The first-order chi connectivity index (χ1) is 22.1. The van der Waals surface area contributed by atoms with Gasteiger partial charge in [0.15, 0.2) is 29.2 Å². The molecule has 12 nitrogen and oxygen atoms in total. The molecule has 0 aliphatic carbocycles. The molecule has 0 radical (unpaired) electrons. The molecule has 1 heterocycles. The number of carbonyl (C=O) groups is 2. The highest BCUT2D eigenvalue weighted by atomic mass is 79.9. The van der Waals surface area contributed by atoms with Crippen molar-refractivity contribution < 1.29 is 42.8 Å². The maximum absolute atomic E-state index is 14.0. The molecule has 244 valence electrons. The smallest absolute Gasteiger partial charge is 0.337 e. The molecule has 2 amide bonds. The largest absolute Gasteiger partial charge is 0.493 e. The predicted octanol–water partition coefficient (Wildman–Crippen LogP) is 4.70. The first-order valence-corrected chi connectivity index (χ1v) is 14.9. The first kappa shape index (κ1) is 34.1. The summed E-state index contributed by atoms with van der Waals surface area (Å²) in [6.45, 7) is 3.55. The Labute approximate surface area is 273 Å². The molecule has 3 aromatic rings. The number of esters is 1. The van der Waals surface area contributed by atoms with E-state index in [4.69, 9.17) is 23.7 Å². The van der Waals surface area contributed by atoms with Gasteiger partial charge in [-0.1, -0.05) is 24.3 Å². The molecular weight excluding hydrogens is 667 g/mol. The third-order valence-corrected chi connectivity index (χ3v) is 7.28. The fourth-order valence-corrected chi connectivity index (χ4v) is 5.11. The van der Waals surface area contributed by atoms with E-state index in [-0.39, 0.29) is 24.6 Å². The van der Waals surface area contributed by atoms with E-state index in [0.717, 1.165) is 0 Å². The summed E-state index contributed by atoms with van der Waals surface area (Å²) < 4.78 is 42.3. The molecule has 3 aromatic carbocycles. The van der Waals surface area contributed by atoms with Gasteiger partial charge in [0.1, 0.15) is 19.0 Å². The molecule has 4 rings (SSSR count). The van der Waals surface area contributed by atoms with Gasteiger partial charge in [0.05, 0.1) is 43.1 Å². The van der Waals surface area contributed by atoms with Gasteiger partial charge in [-0.2, -0.15) is 5.10 Å². The standard InChI is InChI=1S/C32H34BrFN4O8/c1-5-44-25-14-20(29-28(31(40)43-4)18(2)36-32(41)37-29)10-11-24(25)45-17-27(39)38-35-15-19-12-22(33)30(26(13-19)42-3)46-16-21-8-6-7-9-23(21)34/h6-15,27,29,38-39H,5,16-17H2,1-4H3,(H2,36,37,41)/b35-15-/t27-,29+/m1/s1. The number of hydrogen-bond acceptors (Lipinski definition) is 10. The summed E-state index contributed by atoms with van der Waals surface area (Å²) in [6.07, 6.45) is 0.276. The SMILES string of the molecule is CCOc1cc([C@@H]2NC(=O)NC(C)=C2C(=O)OC)ccc1OC[C@@H](O)N/N=C\c1cc(Br)c(OCc2ccccc2F)c(OC)c1. The molecule has 14 heteroatoms. The molecule has 0 spiro atoms. The van der Waals surface area contributed by atoms with E-state index < -0.39 is 24.3 Å². The number of halogens is 2. The maximum atomic E-state index is 14.0. The summed E-state index contributed by atoms with van der Waals surface area (Å²) in [6, 6.07) is 13.5. The van der Waals surface area contributed by atoms with E-state index in [1.165, 1.54) is 26.5 Å². The number of nitrogens with zero attached hydrogens (tertiary/aromatic N) is 1. The van der Waals surface area contributed by atoms with Crippen LogP contribution in [0.25, 0.3) is 0 Å². The summed E-state index contributed by atoms with van der Waals surface area (Å²) in [7, 11) is 2.75. The van der Waals surface area contributed by atoms with Gasteiger partial charge in [0.25, 0.3) is 0 Å². The van der Waals surface area contributed by atoms with Crippen LogP contribution in [0.3, 0.4) is 0 Å². The van der Waals surface area contributed by atoms with Crippen molar-refractivity contribution in [3.8, 4) is 23.0 Å². The molecule has 46 heavy (non-hydrogen) atoms. The van der Waals surface area contributed by atoms with Crippen molar-refractivity contribution >= 4 is 34.1 Å². The number of ether oxygens (including phenoxy) is 5. The lowest BCUT2D eigenvalue weighted by atomic mass is 9.95.